The molecule has 2 aromatic carbocycles. The van der Waals surface area contributed by atoms with Crippen molar-refractivity contribution >= 4 is 34.3 Å². The lowest BCUT2D eigenvalue weighted by atomic mass is 9.78. The Morgan fingerprint density at radius 1 is 1.05 bits per heavy atom. The standard InChI is InChI=1S/C30H35ClO6/c1-6-19(36-23(32)8-3)16-34-28-21-11-10-12-22(31)26(21)29(35-17-20(7-2)37-24(33)9-4)25-18-13-14-30(5,15-18)27(25)28/h8-12,18-20H,3-4,6-7,13-17H2,1-2,5H3. The van der Waals surface area contributed by atoms with Gasteiger partial charge in [0, 0.05) is 34.1 Å². The second-order valence-corrected chi connectivity index (χ2v) is 10.5. The summed E-state index contributed by atoms with van der Waals surface area (Å²) in [6.07, 6.45) is 5.87. The Balaban J connectivity index is 1.79. The lowest BCUT2D eigenvalue weighted by Crippen LogP contribution is -2.26. The van der Waals surface area contributed by atoms with Crippen molar-refractivity contribution in [3.05, 3.63) is 59.7 Å². The summed E-state index contributed by atoms with van der Waals surface area (Å²) in [5.74, 6) is 0.916. The van der Waals surface area contributed by atoms with E-state index in [-0.39, 0.29) is 18.6 Å². The molecule has 7 heteroatoms. The van der Waals surface area contributed by atoms with Crippen molar-refractivity contribution in [2.24, 2.45) is 0 Å². The number of benzene rings is 2. The van der Waals surface area contributed by atoms with Crippen LogP contribution in [0.5, 0.6) is 11.5 Å². The second-order valence-electron chi connectivity index (χ2n) is 10.1. The molecule has 0 radical (unpaired) electrons. The zero-order chi connectivity index (χ0) is 26.7. The largest absolute Gasteiger partial charge is 0.489 e. The molecule has 0 aliphatic heterocycles. The number of hydrogen-bond donors (Lipinski definition) is 0. The molecule has 37 heavy (non-hydrogen) atoms. The van der Waals surface area contributed by atoms with E-state index in [9.17, 15) is 9.59 Å². The van der Waals surface area contributed by atoms with Gasteiger partial charge in [-0.1, -0.05) is 57.7 Å². The normalized spacial score (nSPS) is 21.1. The fraction of sp³-hybridized carbons (Fsp3) is 0.467. The van der Waals surface area contributed by atoms with Crippen molar-refractivity contribution in [2.75, 3.05) is 13.2 Å². The van der Waals surface area contributed by atoms with Gasteiger partial charge in [0.15, 0.2) is 0 Å². The highest BCUT2D eigenvalue weighted by Crippen LogP contribution is 2.64. The van der Waals surface area contributed by atoms with Crippen LogP contribution in [0.1, 0.15) is 69.9 Å². The summed E-state index contributed by atoms with van der Waals surface area (Å²) in [6.45, 7) is 13.6. The number of rotatable bonds is 12. The topological polar surface area (TPSA) is 71.1 Å². The van der Waals surface area contributed by atoms with Crippen LogP contribution < -0.4 is 9.47 Å². The van der Waals surface area contributed by atoms with E-state index < -0.39 is 24.1 Å². The average Bonchev–Trinajstić information content (AvgIpc) is 3.43. The number of ether oxygens (including phenoxy) is 4. The Bertz CT molecular complexity index is 1220. The smallest absolute Gasteiger partial charge is 0.330 e. The molecule has 2 aromatic rings. The maximum absolute atomic E-state index is 11.8. The number of carbonyl (C=O) groups is 2. The van der Waals surface area contributed by atoms with Gasteiger partial charge in [-0.15, -0.1) is 0 Å². The van der Waals surface area contributed by atoms with Crippen molar-refractivity contribution in [1.82, 2.24) is 0 Å². The molecule has 0 heterocycles. The third-order valence-corrected chi connectivity index (χ3v) is 7.93. The van der Waals surface area contributed by atoms with Crippen LogP contribution in [0.4, 0.5) is 0 Å². The van der Waals surface area contributed by atoms with Gasteiger partial charge in [-0.3, -0.25) is 0 Å². The van der Waals surface area contributed by atoms with Gasteiger partial charge in [-0.2, -0.15) is 0 Å². The summed E-state index contributed by atoms with van der Waals surface area (Å²) in [7, 11) is 0. The third kappa shape index (κ3) is 5.22. The molecule has 0 aromatic heterocycles. The molecule has 1 saturated carbocycles. The van der Waals surface area contributed by atoms with Crippen molar-refractivity contribution in [2.45, 2.75) is 76.4 Å². The molecule has 0 N–H and O–H groups in total. The van der Waals surface area contributed by atoms with Crippen LogP contribution in [0.3, 0.4) is 0 Å². The number of hydrogen-bond acceptors (Lipinski definition) is 6. The van der Waals surface area contributed by atoms with E-state index in [1.807, 2.05) is 32.0 Å². The van der Waals surface area contributed by atoms with Crippen LogP contribution in [0.2, 0.25) is 5.02 Å². The highest BCUT2D eigenvalue weighted by Gasteiger charge is 2.50. The van der Waals surface area contributed by atoms with E-state index in [0.29, 0.717) is 23.8 Å². The van der Waals surface area contributed by atoms with Gasteiger partial charge < -0.3 is 18.9 Å². The highest BCUT2D eigenvalue weighted by molar-refractivity contribution is 6.36. The summed E-state index contributed by atoms with van der Waals surface area (Å²) in [4.78, 5) is 23.6. The fourth-order valence-electron chi connectivity index (χ4n) is 5.70. The molecule has 4 unspecified atom stereocenters. The number of fused-ring (bicyclic) bond motifs is 6. The Morgan fingerprint density at radius 3 is 2.22 bits per heavy atom. The summed E-state index contributed by atoms with van der Waals surface area (Å²) in [5.41, 5.74) is 2.23. The summed E-state index contributed by atoms with van der Waals surface area (Å²) in [6, 6.07) is 5.74. The van der Waals surface area contributed by atoms with Crippen molar-refractivity contribution in [3.63, 3.8) is 0 Å². The number of halogens is 1. The molecule has 0 spiro atoms. The molecular weight excluding hydrogens is 492 g/mol. The molecule has 6 nitrogen and oxygen atoms in total. The first-order chi connectivity index (χ1) is 17.8. The van der Waals surface area contributed by atoms with E-state index >= 15 is 0 Å². The van der Waals surface area contributed by atoms with E-state index in [1.54, 1.807) is 0 Å². The van der Waals surface area contributed by atoms with Gasteiger partial charge >= 0.3 is 11.9 Å². The monoisotopic (exact) mass is 526 g/mol. The fourth-order valence-corrected chi connectivity index (χ4v) is 5.96. The minimum Gasteiger partial charge on any atom is -0.489 e. The van der Waals surface area contributed by atoms with Gasteiger partial charge in [-0.25, -0.2) is 9.59 Å². The Labute approximate surface area is 223 Å². The third-order valence-electron chi connectivity index (χ3n) is 7.62. The van der Waals surface area contributed by atoms with Crippen molar-refractivity contribution < 1.29 is 28.5 Å². The Hall–Kier alpha value is -2.99. The van der Waals surface area contributed by atoms with Crippen molar-refractivity contribution in [3.8, 4) is 11.5 Å². The minimum atomic E-state index is -0.471. The lowest BCUT2D eigenvalue weighted by molar-refractivity contribution is -0.145. The highest BCUT2D eigenvalue weighted by atomic mass is 35.5. The predicted molar refractivity (Wildman–Crippen MR) is 145 cm³/mol. The van der Waals surface area contributed by atoms with E-state index in [1.165, 1.54) is 0 Å². The number of carbonyl (C=O) groups excluding carboxylic acids is 2. The minimum absolute atomic E-state index is 0.0527. The first-order valence-electron chi connectivity index (χ1n) is 13.0. The molecule has 0 amide bonds. The molecule has 1 fully saturated rings. The van der Waals surface area contributed by atoms with Crippen LogP contribution >= 0.6 is 11.6 Å². The zero-order valence-electron chi connectivity index (χ0n) is 21.8. The van der Waals surface area contributed by atoms with Gasteiger partial charge in [0.25, 0.3) is 0 Å². The molecule has 2 aliphatic carbocycles. The molecule has 2 aliphatic rings. The maximum Gasteiger partial charge on any atom is 0.330 e. The molecular formula is C30H35ClO6. The zero-order valence-corrected chi connectivity index (χ0v) is 22.6. The maximum atomic E-state index is 11.8. The second kappa shape index (κ2) is 11.2. The van der Waals surface area contributed by atoms with Gasteiger partial charge in [0.05, 0.1) is 5.02 Å². The molecule has 0 saturated heterocycles. The summed E-state index contributed by atoms with van der Waals surface area (Å²) in [5, 5.41) is 2.21. The van der Waals surface area contributed by atoms with Gasteiger partial charge in [0.2, 0.25) is 0 Å². The molecule has 4 rings (SSSR count). The molecule has 2 bridgehead atoms. The van der Waals surface area contributed by atoms with Crippen LogP contribution in [0, 0.1) is 0 Å². The van der Waals surface area contributed by atoms with Crippen LogP contribution in [-0.4, -0.2) is 37.4 Å². The summed E-state index contributed by atoms with van der Waals surface area (Å²) < 4.78 is 23.9. The van der Waals surface area contributed by atoms with Crippen LogP contribution in [0.25, 0.3) is 10.8 Å². The average molecular weight is 527 g/mol. The SMILES string of the molecule is C=CC(=O)OC(CC)COc1c2c(c(OCC(CC)OC(=O)C=C)c3c(Cl)cccc13)C1CCC2(C)C1. The lowest BCUT2D eigenvalue weighted by Gasteiger charge is -2.31. The van der Waals surface area contributed by atoms with Crippen LogP contribution in [0.15, 0.2) is 43.5 Å². The Morgan fingerprint density at radius 2 is 1.65 bits per heavy atom. The molecule has 4 atom stereocenters. The van der Waals surface area contributed by atoms with E-state index in [0.717, 1.165) is 64.8 Å². The Kier molecular flexibility index (Phi) is 8.17. The van der Waals surface area contributed by atoms with E-state index in [4.69, 9.17) is 30.5 Å². The van der Waals surface area contributed by atoms with Gasteiger partial charge in [0.1, 0.15) is 36.9 Å². The molecule has 198 valence electrons. The van der Waals surface area contributed by atoms with Gasteiger partial charge in [-0.05, 0) is 49.5 Å². The predicted octanol–water partition coefficient (Wildman–Crippen LogP) is 6.81. The van der Waals surface area contributed by atoms with E-state index in [2.05, 4.69) is 20.1 Å². The quantitative estimate of drug-likeness (QED) is 0.223. The number of esters is 2. The van der Waals surface area contributed by atoms with Crippen LogP contribution in [-0.2, 0) is 24.5 Å². The first-order valence-corrected chi connectivity index (χ1v) is 13.3. The first kappa shape index (κ1) is 27.1. The van der Waals surface area contributed by atoms with Crippen molar-refractivity contribution in [1.29, 1.82) is 0 Å². The summed E-state index contributed by atoms with van der Waals surface area (Å²) >= 11 is 6.79.